The quantitative estimate of drug-likeness (QED) is 0.909. The lowest BCUT2D eigenvalue weighted by atomic mass is 9.97. The zero-order chi connectivity index (χ0) is 17.1. The molecule has 0 radical (unpaired) electrons. The fourth-order valence-corrected chi connectivity index (χ4v) is 3.19. The van der Waals surface area contributed by atoms with Crippen molar-refractivity contribution in [3.63, 3.8) is 0 Å². The molecule has 4 heteroatoms. The van der Waals surface area contributed by atoms with E-state index in [9.17, 15) is 15.0 Å². The second kappa shape index (κ2) is 7.16. The number of amides is 1. The highest BCUT2D eigenvalue weighted by molar-refractivity contribution is 5.96. The van der Waals surface area contributed by atoms with Gasteiger partial charge in [0.2, 0.25) is 0 Å². The number of carbonyl (C=O) groups is 1. The Morgan fingerprint density at radius 1 is 1.04 bits per heavy atom. The maximum atomic E-state index is 12.9. The molecule has 0 unspecified atom stereocenters. The molecule has 24 heavy (non-hydrogen) atoms. The van der Waals surface area contributed by atoms with Crippen LogP contribution in [0.5, 0.6) is 0 Å². The first kappa shape index (κ1) is 16.7. The number of carbonyl (C=O) groups excluding carboxylic acids is 1. The largest absolute Gasteiger partial charge is 0.391 e. The van der Waals surface area contributed by atoms with Crippen molar-refractivity contribution < 1.29 is 15.0 Å². The standard InChI is InChI=1S/C20H23NO3/c1-14-6-8-15(9-7-14)10-16-4-2-3-5-19(16)20(24)21-12-17(22)11-18(23)13-21/h2-9,17-18,22-23H,10-13H2,1H3/t17-,18-/m1/s1. The van der Waals surface area contributed by atoms with E-state index in [1.165, 1.54) is 5.56 Å². The van der Waals surface area contributed by atoms with E-state index in [1.54, 1.807) is 4.90 Å². The number of likely N-dealkylation sites (tertiary alicyclic amines) is 1. The number of piperidine rings is 1. The third-order valence-corrected chi connectivity index (χ3v) is 4.46. The molecule has 0 aliphatic carbocycles. The number of aryl methyl sites for hydroxylation is 1. The molecule has 0 aromatic heterocycles. The third-order valence-electron chi connectivity index (χ3n) is 4.46. The van der Waals surface area contributed by atoms with Crippen molar-refractivity contribution in [3.8, 4) is 0 Å². The summed E-state index contributed by atoms with van der Waals surface area (Å²) in [4.78, 5) is 14.4. The number of nitrogens with zero attached hydrogens (tertiary/aromatic N) is 1. The molecule has 2 aromatic rings. The Morgan fingerprint density at radius 2 is 1.67 bits per heavy atom. The van der Waals surface area contributed by atoms with Crippen molar-refractivity contribution in [1.82, 2.24) is 4.90 Å². The average Bonchev–Trinajstić information content (AvgIpc) is 2.56. The van der Waals surface area contributed by atoms with E-state index in [4.69, 9.17) is 0 Å². The van der Waals surface area contributed by atoms with Gasteiger partial charge in [0.25, 0.3) is 5.91 Å². The van der Waals surface area contributed by atoms with Gasteiger partial charge in [0.15, 0.2) is 0 Å². The number of hydrogen-bond acceptors (Lipinski definition) is 3. The SMILES string of the molecule is Cc1ccc(Cc2ccccc2C(=O)N2C[C@H](O)C[C@@H](O)C2)cc1. The first-order chi connectivity index (χ1) is 11.5. The Bertz CT molecular complexity index is 701. The molecule has 1 aliphatic heterocycles. The molecule has 2 aromatic carbocycles. The second-order valence-electron chi connectivity index (χ2n) is 6.57. The van der Waals surface area contributed by atoms with Crippen molar-refractivity contribution >= 4 is 5.91 Å². The number of benzene rings is 2. The summed E-state index contributed by atoms with van der Waals surface area (Å²) in [7, 11) is 0. The molecule has 0 saturated carbocycles. The van der Waals surface area contributed by atoms with Crippen LogP contribution < -0.4 is 0 Å². The van der Waals surface area contributed by atoms with Crippen molar-refractivity contribution in [2.75, 3.05) is 13.1 Å². The van der Waals surface area contributed by atoms with Crippen molar-refractivity contribution in [3.05, 3.63) is 70.8 Å². The molecule has 3 rings (SSSR count). The minimum atomic E-state index is -0.665. The minimum absolute atomic E-state index is 0.129. The van der Waals surface area contributed by atoms with Crippen LogP contribution in [0.1, 0.15) is 33.5 Å². The second-order valence-corrected chi connectivity index (χ2v) is 6.57. The Kier molecular flexibility index (Phi) is 4.97. The van der Waals surface area contributed by atoms with Gasteiger partial charge in [0, 0.05) is 25.1 Å². The van der Waals surface area contributed by atoms with Crippen molar-refractivity contribution in [1.29, 1.82) is 0 Å². The summed E-state index contributed by atoms with van der Waals surface area (Å²) < 4.78 is 0. The summed E-state index contributed by atoms with van der Waals surface area (Å²) in [5.74, 6) is -0.129. The molecule has 126 valence electrons. The van der Waals surface area contributed by atoms with Gasteiger partial charge in [-0.05, 0) is 30.5 Å². The highest BCUT2D eigenvalue weighted by Crippen LogP contribution is 2.19. The Balaban J connectivity index is 1.83. The van der Waals surface area contributed by atoms with Crippen LogP contribution in [0.2, 0.25) is 0 Å². The van der Waals surface area contributed by atoms with Gasteiger partial charge >= 0.3 is 0 Å². The minimum Gasteiger partial charge on any atom is -0.391 e. The molecule has 2 atom stereocenters. The molecule has 1 heterocycles. The average molecular weight is 325 g/mol. The fourth-order valence-electron chi connectivity index (χ4n) is 3.19. The van der Waals surface area contributed by atoms with E-state index in [1.807, 2.05) is 31.2 Å². The van der Waals surface area contributed by atoms with Crippen LogP contribution in [0.15, 0.2) is 48.5 Å². The monoisotopic (exact) mass is 325 g/mol. The van der Waals surface area contributed by atoms with Crippen LogP contribution in [-0.4, -0.2) is 46.3 Å². The zero-order valence-corrected chi connectivity index (χ0v) is 13.9. The van der Waals surface area contributed by atoms with Crippen LogP contribution in [0.4, 0.5) is 0 Å². The number of aliphatic hydroxyl groups is 2. The molecule has 2 N–H and O–H groups in total. The first-order valence-corrected chi connectivity index (χ1v) is 8.32. The van der Waals surface area contributed by atoms with Crippen LogP contribution in [-0.2, 0) is 6.42 Å². The van der Waals surface area contributed by atoms with E-state index in [0.29, 0.717) is 18.4 Å². The summed E-state index contributed by atoms with van der Waals surface area (Å²) in [6.45, 7) is 2.59. The van der Waals surface area contributed by atoms with Crippen LogP contribution in [0.3, 0.4) is 0 Å². The van der Waals surface area contributed by atoms with E-state index >= 15 is 0 Å². The van der Waals surface area contributed by atoms with Crippen molar-refractivity contribution in [2.24, 2.45) is 0 Å². The van der Waals surface area contributed by atoms with Gasteiger partial charge < -0.3 is 15.1 Å². The highest BCUT2D eigenvalue weighted by Gasteiger charge is 2.29. The molecule has 0 bridgehead atoms. The topological polar surface area (TPSA) is 60.8 Å². The molecular formula is C20H23NO3. The predicted octanol–water partition coefficient (Wildman–Crippen LogP) is 2.15. The third kappa shape index (κ3) is 3.83. The van der Waals surface area contributed by atoms with Gasteiger partial charge in [-0.3, -0.25) is 4.79 Å². The number of β-amino-alcohol motifs (C(OH)–C–C–N with tert-alkyl or cyclic N) is 2. The molecule has 1 aliphatic rings. The number of rotatable bonds is 3. The fraction of sp³-hybridized carbons (Fsp3) is 0.350. The Morgan fingerprint density at radius 3 is 2.33 bits per heavy atom. The zero-order valence-electron chi connectivity index (χ0n) is 13.9. The van der Waals surface area contributed by atoms with Crippen LogP contribution >= 0.6 is 0 Å². The van der Waals surface area contributed by atoms with Gasteiger partial charge in [0.05, 0.1) is 12.2 Å². The predicted molar refractivity (Wildman–Crippen MR) is 93.0 cm³/mol. The van der Waals surface area contributed by atoms with E-state index in [0.717, 1.165) is 11.1 Å². The van der Waals surface area contributed by atoms with Gasteiger partial charge in [-0.25, -0.2) is 0 Å². The van der Waals surface area contributed by atoms with E-state index in [-0.39, 0.29) is 19.0 Å². The first-order valence-electron chi connectivity index (χ1n) is 8.32. The molecule has 4 nitrogen and oxygen atoms in total. The maximum absolute atomic E-state index is 12.9. The summed E-state index contributed by atoms with van der Waals surface area (Å²) in [5.41, 5.74) is 3.96. The Hall–Kier alpha value is -2.17. The van der Waals surface area contributed by atoms with E-state index < -0.39 is 12.2 Å². The summed E-state index contributed by atoms with van der Waals surface area (Å²) in [5, 5.41) is 19.6. The lowest BCUT2D eigenvalue weighted by Gasteiger charge is -2.33. The summed E-state index contributed by atoms with van der Waals surface area (Å²) in [6, 6.07) is 15.8. The molecule has 1 fully saturated rings. The lowest BCUT2D eigenvalue weighted by molar-refractivity contribution is -0.00389. The van der Waals surface area contributed by atoms with E-state index in [2.05, 4.69) is 24.3 Å². The molecule has 1 saturated heterocycles. The van der Waals surface area contributed by atoms with Crippen LogP contribution in [0.25, 0.3) is 0 Å². The summed E-state index contributed by atoms with van der Waals surface area (Å²) in [6.07, 6.45) is -0.320. The Labute approximate surface area is 142 Å². The highest BCUT2D eigenvalue weighted by atomic mass is 16.3. The number of hydrogen-bond donors (Lipinski definition) is 2. The number of aliphatic hydroxyl groups excluding tert-OH is 2. The maximum Gasteiger partial charge on any atom is 0.254 e. The van der Waals surface area contributed by atoms with Gasteiger partial charge in [0.1, 0.15) is 0 Å². The van der Waals surface area contributed by atoms with Gasteiger partial charge in [-0.1, -0.05) is 48.0 Å². The van der Waals surface area contributed by atoms with Gasteiger partial charge in [-0.2, -0.15) is 0 Å². The molecule has 0 spiro atoms. The smallest absolute Gasteiger partial charge is 0.254 e. The molecular weight excluding hydrogens is 302 g/mol. The lowest BCUT2D eigenvalue weighted by Crippen LogP contribution is -2.48. The molecule has 1 amide bonds. The van der Waals surface area contributed by atoms with Crippen molar-refractivity contribution in [2.45, 2.75) is 32.0 Å². The van der Waals surface area contributed by atoms with Gasteiger partial charge in [-0.15, -0.1) is 0 Å². The summed E-state index contributed by atoms with van der Waals surface area (Å²) >= 11 is 0. The van der Waals surface area contributed by atoms with Crippen LogP contribution in [0, 0.1) is 6.92 Å². The normalized spacial score (nSPS) is 20.9.